The highest BCUT2D eigenvalue weighted by atomic mass is 19.4. The third-order valence-corrected chi connectivity index (χ3v) is 2.98. The van der Waals surface area contributed by atoms with E-state index in [9.17, 15) is 18.0 Å². The molecule has 2 N–H and O–H groups in total. The zero-order valence-electron chi connectivity index (χ0n) is 10.7. The molecule has 0 radical (unpaired) electrons. The van der Waals surface area contributed by atoms with Crippen LogP contribution in [0, 0.1) is 0 Å². The molecule has 4 nitrogen and oxygen atoms in total. The first kappa shape index (κ1) is 14.8. The maximum absolute atomic E-state index is 12.4. The van der Waals surface area contributed by atoms with Crippen molar-refractivity contribution < 1.29 is 22.7 Å². The molecule has 1 atom stereocenters. The van der Waals surface area contributed by atoms with E-state index in [1.807, 2.05) is 0 Å². The number of morpholine rings is 1. The molecule has 1 fully saturated rings. The fraction of sp³-hybridized carbons (Fsp3) is 0.462. The minimum absolute atomic E-state index is 0.0298. The van der Waals surface area contributed by atoms with Crippen molar-refractivity contribution in [1.29, 1.82) is 0 Å². The van der Waals surface area contributed by atoms with Crippen molar-refractivity contribution in [2.24, 2.45) is 0 Å². The van der Waals surface area contributed by atoms with Gasteiger partial charge in [0.2, 0.25) is 0 Å². The number of ether oxygens (including phenoxy) is 1. The molecule has 1 aliphatic rings. The van der Waals surface area contributed by atoms with E-state index < -0.39 is 17.6 Å². The minimum atomic E-state index is -4.39. The average molecular weight is 288 g/mol. The van der Waals surface area contributed by atoms with E-state index in [2.05, 4.69) is 10.6 Å². The van der Waals surface area contributed by atoms with Gasteiger partial charge in [-0.25, -0.2) is 0 Å². The second kappa shape index (κ2) is 6.23. The number of hydrogen-bond donors (Lipinski definition) is 2. The Morgan fingerprint density at radius 1 is 1.35 bits per heavy atom. The SMILES string of the molecule is O=C(NCC1COCCN1)c1ccc(C(F)(F)F)cc1. The Hall–Kier alpha value is -1.60. The lowest BCUT2D eigenvalue weighted by Gasteiger charge is -2.23. The lowest BCUT2D eigenvalue weighted by molar-refractivity contribution is -0.137. The predicted octanol–water partition coefficient (Wildman–Crippen LogP) is 1.42. The van der Waals surface area contributed by atoms with Gasteiger partial charge in [0, 0.05) is 24.7 Å². The van der Waals surface area contributed by atoms with Crippen LogP contribution in [-0.2, 0) is 10.9 Å². The van der Waals surface area contributed by atoms with Crippen molar-refractivity contribution in [1.82, 2.24) is 10.6 Å². The second-order valence-electron chi connectivity index (χ2n) is 4.51. The van der Waals surface area contributed by atoms with Crippen LogP contribution in [0.15, 0.2) is 24.3 Å². The van der Waals surface area contributed by atoms with Crippen LogP contribution in [0.5, 0.6) is 0 Å². The lowest BCUT2D eigenvalue weighted by atomic mass is 10.1. The summed E-state index contributed by atoms with van der Waals surface area (Å²) in [5, 5.41) is 5.83. The molecule has 1 saturated heterocycles. The van der Waals surface area contributed by atoms with Gasteiger partial charge in [-0.05, 0) is 24.3 Å². The number of rotatable bonds is 3. The molecular weight excluding hydrogens is 273 g/mol. The minimum Gasteiger partial charge on any atom is -0.378 e. The average Bonchev–Trinajstić information content (AvgIpc) is 2.45. The van der Waals surface area contributed by atoms with Crippen molar-refractivity contribution in [3.63, 3.8) is 0 Å². The summed E-state index contributed by atoms with van der Waals surface area (Å²) < 4.78 is 42.4. The predicted molar refractivity (Wildman–Crippen MR) is 66.4 cm³/mol. The summed E-state index contributed by atoms with van der Waals surface area (Å²) in [4.78, 5) is 11.8. The van der Waals surface area contributed by atoms with Crippen molar-refractivity contribution in [2.75, 3.05) is 26.3 Å². The highest BCUT2D eigenvalue weighted by molar-refractivity contribution is 5.94. The third-order valence-electron chi connectivity index (χ3n) is 2.98. The van der Waals surface area contributed by atoms with Crippen LogP contribution in [0.25, 0.3) is 0 Å². The maximum Gasteiger partial charge on any atom is 0.416 e. The monoisotopic (exact) mass is 288 g/mol. The highest BCUT2D eigenvalue weighted by Crippen LogP contribution is 2.28. The molecule has 1 aromatic carbocycles. The van der Waals surface area contributed by atoms with Gasteiger partial charge in [-0.1, -0.05) is 0 Å². The van der Waals surface area contributed by atoms with E-state index >= 15 is 0 Å². The zero-order valence-corrected chi connectivity index (χ0v) is 10.7. The molecule has 0 bridgehead atoms. The fourth-order valence-electron chi connectivity index (χ4n) is 1.88. The molecule has 110 valence electrons. The third kappa shape index (κ3) is 3.94. The molecule has 20 heavy (non-hydrogen) atoms. The summed E-state index contributed by atoms with van der Waals surface area (Å²) in [6.45, 7) is 2.25. The van der Waals surface area contributed by atoms with Gasteiger partial charge >= 0.3 is 6.18 Å². The first-order chi connectivity index (χ1) is 9.47. The van der Waals surface area contributed by atoms with Gasteiger partial charge in [0.25, 0.3) is 5.91 Å². The lowest BCUT2D eigenvalue weighted by Crippen LogP contribution is -2.48. The van der Waals surface area contributed by atoms with E-state index in [0.717, 1.165) is 18.7 Å². The molecule has 0 spiro atoms. The van der Waals surface area contributed by atoms with Gasteiger partial charge in [0.1, 0.15) is 0 Å². The molecule has 0 saturated carbocycles. The van der Waals surface area contributed by atoms with Crippen LogP contribution < -0.4 is 10.6 Å². The van der Waals surface area contributed by atoms with Gasteiger partial charge in [-0.15, -0.1) is 0 Å². The number of carbonyl (C=O) groups is 1. The normalized spacial score (nSPS) is 19.6. The van der Waals surface area contributed by atoms with Gasteiger partial charge in [-0.3, -0.25) is 4.79 Å². The Balaban J connectivity index is 1.89. The van der Waals surface area contributed by atoms with Gasteiger partial charge in [-0.2, -0.15) is 13.2 Å². The summed E-state index contributed by atoms with van der Waals surface area (Å²) in [5.41, 5.74) is -0.564. The standard InChI is InChI=1S/C13H15F3N2O2/c14-13(15,16)10-3-1-9(2-4-10)12(19)18-7-11-8-20-6-5-17-11/h1-4,11,17H,5-8H2,(H,18,19). The molecule has 7 heteroatoms. The molecule has 1 aromatic rings. The number of carbonyl (C=O) groups excluding carboxylic acids is 1. The van der Waals surface area contributed by atoms with Crippen LogP contribution in [-0.4, -0.2) is 38.3 Å². The van der Waals surface area contributed by atoms with E-state index in [-0.39, 0.29) is 11.6 Å². The largest absolute Gasteiger partial charge is 0.416 e. The van der Waals surface area contributed by atoms with E-state index in [4.69, 9.17) is 4.74 Å². The maximum atomic E-state index is 12.4. The first-order valence-electron chi connectivity index (χ1n) is 6.23. The molecule has 1 heterocycles. The number of alkyl halides is 3. The van der Waals surface area contributed by atoms with Crippen LogP contribution in [0.1, 0.15) is 15.9 Å². The smallest absolute Gasteiger partial charge is 0.378 e. The van der Waals surface area contributed by atoms with E-state index in [1.54, 1.807) is 0 Å². The topological polar surface area (TPSA) is 50.4 Å². The van der Waals surface area contributed by atoms with E-state index in [0.29, 0.717) is 19.8 Å². The number of nitrogens with one attached hydrogen (secondary N) is 2. The first-order valence-corrected chi connectivity index (χ1v) is 6.23. The van der Waals surface area contributed by atoms with Crippen LogP contribution >= 0.6 is 0 Å². The Morgan fingerprint density at radius 3 is 2.60 bits per heavy atom. The van der Waals surface area contributed by atoms with Crippen molar-refractivity contribution in [2.45, 2.75) is 12.2 Å². The van der Waals surface area contributed by atoms with Gasteiger partial charge < -0.3 is 15.4 Å². The summed E-state index contributed by atoms with van der Waals surface area (Å²) in [7, 11) is 0. The number of benzene rings is 1. The van der Waals surface area contributed by atoms with Crippen LogP contribution in [0.2, 0.25) is 0 Å². The van der Waals surface area contributed by atoms with Crippen molar-refractivity contribution in [3.8, 4) is 0 Å². The molecule has 1 aliphatic heterocycles. The molecule has 2 rings (SSSR count). The Labute approximate surface area is 114 Å². The van der Waals surface area contributed by atoms with Gasteiger partial charge in [0.15, 0.2) is 0 Å². The van der Waals surface area contributed by atoms with Crippen molar-refractivity contribution in [3.05, 3.63) is 35.4 Å². The molecule has 1 unspecified atom stereocenters. The molecule has 0 aromatic heterocycles. The Morgan fingerprint density at radius 2 is 2.05 bits per heavy atom. The second-order valence-corrected chi connectivity index (χ2v) is 4.51. The number of amides is 1. The summed E-state index contributed by atoms with van der Waals surface area (Å²) >= 11 is 0. The van der Waals surface area contributed by atoms with Gasteiger partial charge in [0.05, 0.1) is 18.8 Å². The summed E-state index contributed by atoms with van der Waals surface area (Å²) in [5.74, 6) is -0.397. The Kier molecular flexibility index (Phi) is 4.61. The van der Waals surface area contributed by atoms with Crippen molar-refractivity contribution >= 4 is 5.91 Å². The molecule has 0 aliphatic carbocycles. The quantitative estimate of drug-likeness (QED) is 0.884. The van der Waals surface area contributed by atoms with E-state index in [1.165, 1.54) is 12.1 Å². The Bertz CT molecular complexity index is 454. The summed E-state index contributed by atoms with van der Waals surface area (Å²) in [6.07, 6.45) is -4.39. The zero-order chi connectivity index (χ0) is 14.6. The molecule has 1 amide bonds. The number of halogens is 3. The summed E-state index contributed by atoms with van der Waals surface area (Å²) in [6, 6.07) is 4.17. The number of hydrogen-bond acceptors (Lipinski definition) is 3. The fourth-order valence-corrected chi connectivity index (χ4v) is 1.88. The van der Waals surface area contributed by atoms with Crippen LogP contribution in [0.4, 0.5) is 13.2 Å². The molecular formula is C13H15F3N2O2. The van der Waals surface area contributed by atoms with Crippen LogP contribution in [0.3, 0.4) is 0 Å². The highest BCUT2D eigenvalue weighted by Gasteiger charge is 2.30.